The van der Waals surface area contributed by atoms with E-state index in [4.69, 9.17) is 5.11 Å². The van der Waals surface area contributed by atoms with E-state index in [1.54, 1.807) is 11.3 Å². The minimum Gasteiger partial charge on any atom is -0.384 e. The fourth-order valence-corrected chi connectivity index (χ4v) is 2.95. The van der Waals surface area contributed by atoms with Crippen molar-refractivity contribution in [1.29, 1.82) is 0 Å². The van der Waals surface area contributed by atoms with E-state index in [0.29, 0.717) is 6.04 Å². The molecule has 0 amide bonds. The Labute approximate surface area is 131 Å². The molecule has 0 saturated heterocycles. The molecular weight excluding hydrogens is 278 g/mol. The maximum absolute atomic E-state index is 8.74. The van der Waals surface area contributed by atoms with Crippen LogP contribution in [0.2, 0.25) is 0 Å². The van der Waals surface area contributed by atoms with E-state index in [0.717, 1.165) is 18.7 Å². The highest BCUT2D eigenvalue weighted by atomic mass is 32.1. The predicted octanol–water partition coefficient (Wildman–Crippen LogP) is 3.50. The predicted molar refractivity (Wildman–Crippen MR) is 89.1 cm³/mol. The molecule has 110 valence electrons. The maximum atomic E-state index is 8.74. The van der Waals surface area contributed by atoms with Gasteiger partial charge in [-0.3, -0.25) is 4.90 Å². The smallest absolute Gasteiger partial charge is 0.104 e. The molecule has 0 aliphatic rings. The van der Waals surface area contributed by atoms with Crippen molar-refractivity contribution < 1.29 is 5.11 Å². The van der Waals surface area contributed by atoms with E-state index in [9.17, 15) is 0 Å². The standard InChI is InChI=1S/C18H21NOS/c1-15(2)19(12-16-7-4-3-5-8-16)13-18-11-17(14-21-18)9-6-10-20/h3-5,7-8,11,14-15,20H,10,12-13H2,1-2H3. The Kier molecular flexibility index (Phi) is 6.01. The van der Waals surface area contributed by atoms with Crippen molar-refractivity contribution in [1.82, 2.24) is 4.90 Å². The van der Waals surface area contributed by atoms with Crippen molar-refractivity contribution in [2.45, 2.75) is 33.0 Å². The molecule has 1 aromatic heterocycles. The first-order chi connectivity index (χ1) is 10.2. The van der Waals surface area contributed by atoms with Crippen molar-refractivity contribution in [3.63, 3.8) is 0 Å². The van der Waals surface area contributed by atoms with Crippen molar-refractivity contribution >= 4 is 11.3 Å². The molecule has 0 atom stereocenters. The summed E-state index contributed by atoms with van der Waals surface area (Å²) in [5.74, 6) is 5.65. The SMILES string of the molecule is CC(C)N(Cc1ccccc1)Cc1cc(C#CCO)cs1. The minimum atomic E-state index is -0.0860. The molecule has 1 aromatic carbocycles. The van der Waals surface area contributed by atoms with Gasteiger partial charge in [-0.25, -0.2) is 0 Å². The number of thiophene rings is 1. The third-order valence-electron chi connectivity index (χ3n) is 3.28. The van der Waals surface area contributed by atoms with E-state index in [1.165, 1.54) is 10.4 Å². The number of aliphatic hydroxyl groups excluding tert-OH is 1. The second kappa shape index (κ2) is 7.99. The number of nitrogens with zero attached hydrogens (tertiary/aromatic N) is 1. The first-order valence-electron chi connectivity index (χ1n) is 7.14. The Morgan fingerprint density at radius 1 is 1.19 bits per heavy atom. The molecule has 3 heteroatoms. The number of aliphatic hydroxyl groups is 1. The molecule has 0 aliphatic heterocycles. The van der Waals surface area contributed by atoms with Gasteiger partial charge in [0.1, 0.15) is 6.61 Å². The van der Waals surface area contributed by atoms with Crippen molar-refractivity contribution in [3.05, 3.63) is 57.8 Å². The monoisotopic (exact) mass is 299 g/mol. The van der Waals surface area contributed by atoms with Gasteiger partial charge in [-0.15, -0.1) is 11.3 Å². The van der Waals surface area contributed by atoms with Crippen LogP contribution in [0.25, 0.3) is 0 Å². The first kappa shape index (κ1) is 15.8. The highest BCUT2D eigenvalue weighted by Crippen LogP contribution is 2.19. The van der Waals surface area contributed by atoms with E-state index in [2.05, 4.69) is 72.4 Å². The Morgan fingerprint density at radius 3 is 2.62 bits per heavy atom. The largest absolute Gasteiger partial charge is 0.384 e. The Bertz CT molecular complexity index is 607. The van der Waals surface area contributed by atoms with Gasteiger partial charge >= 0.3 is 0 Å². The molecule has 1 N–H and O–H groups in total. The van der Waals surface area contributed by atoms with Crippen LogP contribution in [0.3, 0.4) is 0 Å². The lowest BCUT2D eigenvalue weighted by molar-refractivity contribution is 0.205. The van der Waals surface area contributed by atoms with E-state index in [-0.39, 0.29) is 6.61 Å². The summed E-state index contributed by atoms with van der Waals surface area (Å²) in [7, 11) is 0. The number of benzene rings is 1. The lowest BCUT2D eigenvalue weighted by atomic mass is 10.2. The minimum absolute atomic E-state index is 0.0860. The molecular formula is C18H21NOS. The first-order valence-corrected chi connectivity index (χ1v) is 8.02. The van der Waals surface area contributed by atoms with Crippen molar-refractivity contribution in [3.8, 4) is 11.8 Å². The normalized spacial score (nSPS) is 10.7. The highest BCUT2D eigenvalue weighted by molar-refractivity contribution is 7.10. The van der Waals surface area contributed by atoms with Crippen LogP contribution in [0.5, 0.6) is 0 Å². The topological polar surface area (TPSA) is 23.5 Å². The molecule has 0 spiro atoms. The lowest BCUT2D eigenvalue weighted by Crippen LogP contribution is -2.29. The highest BCUT2D eigenvalue weighted by Gasteiger charge is 2.12. The van der Waals surface area contributed by atoms with Crippen molar-refractivity contribution in [2.75, 3.05) is 6.61 Å². The van der Waals surface area contributed by atoms with Crippen LogP contribution < -0.4 is 0 Å². The average molecular weight is 299 g/mol. The van der Waals surface area contributed by atoms with Crippen LogP contribution in [-0.4, -0.2) is 22.7 Å². The van der Waals surface area contributed by atoms with Gasteiger partial charge in [0.2, 0.25) is 0 Å². The van der Waals surface area contributed by atoms with Crippen LogP contribution in [-0.2, 0) is 13.1 Å². The molecule has 0 unspecified atom stereocenters. The molecule has 0 bridgehead atoms. The Balaban J connectivity index is 2.04. The van der Waals surface area contributed by atoms with Crippen LogP contribution in [0.4, 0.5) is 0 Å². The zero-order valence-corrected chi connectivity index (χ0v) is 13.4. The third kappa shape index (κ3) is 5.02. The van der Waals surface area contributed by atoms with E-state index < -0.39 is 0 Å². The Hall–Kier alpha value is -1.60. The van der Waals surface area contributed by atoms with Crippen molar-refractivity contribution in [2.24, 2.45) is 0 Å². The van der Waals surface area contributed by atoms with E-state index >= 15 is 0 Å². The summed E-state index contributed by atoms with van der Waals surface area (Å²) in [5, 5.41) is 10.8. The van der Waals surface area contributed by atoms with Gasteiger partial charge in [-0.2, -0.15) is 0 Å². The second-order valence-corrected chi connectivity index (χ2v) is 6.24. The zero-order valence-electron chi connectivity index (χ0n) is 12.5. The molecule has 2 nitrogen and oxygen atoms in total. The van der Waals surface area contributed by atoms with Crippen LogP contribution in [0.1, 0.15) is 29.9 Å². The summed E-state index contributed by atoms with van der Waals surface area (Å²) in [6.45, 7) is 6.25. The summed E-state index contributed by atoms with van der Waals surface area (Å²) in [6.07, 6.45) is 0. The molecule has 2 aromatic rings. The Morgan fingerprint density at radius 2 is 1.95 bits per heavy atom. The molecule has 0 radical (unpaired) electrons. The van der Waals surface area contributed by atoms with Crippen LogP contribution in [0, 0.1) is 11.8 Å². The van der Waals surface area contributed by atoms with Gasteiger partial charge < -0.3 is 5.11 Å². The molecule has 2 rings (SSSR count). The van der Waals surface area contributed by atoms with Gasteiger partial charge in [0.15, 0.2) is 0 Å². The average Bonchev–Trinajstić information content (AvgIpc) is 2.93. The maximum Gasteiger partial charge on any atom is 0.104 e. The number of hydrogen-bond acceptors (Lipinski definition) is 3. The summed E-state index contributed by atoms with van der Waals surface area (Å²) in [6, 6.07) is 13.2. The molecule has 0 fully saturated rings. The molecule has 21 heavy (non-hydrogen) atoms. The van der Waals surface area contributed by atoms with Gasteiger partial charge in [0.25, 0.3) is 0 Å². The number of hydrogen-bond donors (Lipinski definition) is 1. The summed E-state index contributed by atoms with van der Waals surface area (Å²) in [4.78, 5) is 3.76. The van der Waals surface area contributed by atoms with Gasteiger partial charge in [-0.1, -0.05) is 42.2 Å². The molecule has 1 heterocycles. The molecule has 0 saturated carbocycles. The van der Waals surface area contributed by atoms with Gasteiger partial charge in [0.05, 0.1) is 0 Å². The molecule has 0 aliphatic carbocycles. The lowest BCUT2D eigenvalue weighted by Gasteiger charge is -2.26. The zero-order chi connectivity index (χ0) is 15.1. The van der Waals surface area contributed by atoms with Gasteiger partial charge in [-0.05, 0) is 25.5 Å². The van der Waals surface area contributed by atoms with E-state index in [1.807, 2.05) is 0 Å². The summed E-state index contributed by atoms with van der Waals surface area (Å²) < 4.78 is 0. The van der Waals surface area contributed by atoms with Crippen LogP contribution in [0.15, 0.2) is 41.8 Å². The quantitative estimate of drug-likeness (QED) is 0.854. The number of rotatable bonds is 5. The van der Waals surface area contributed by atoms with Crippen LogP contribution >= 0.6 is 11.3 Å². The summed E-state index contributed by atoms with van der Waals surface area (Å²) in [5.41, 5.74) is 2.33. The summed E-state index contributed by atoms with van der Waals surface area (Å²) >= 11 is 1.73. The van der Waals surface area contributed by atoms with Gasteiger partial charge in [0, 0.05) is 35.0 Å². The third-order valence-corrected chi connectivity index (χ3v) is 4.20. The fraction of sp³-hybridized carbons (Fsp3) is 0.333. The fourth-order valence-electron chi connectivity index (χ4n) is 2.11. The second-order valence-electron chi connectivity index (χ2n) is 5.25.